The zero-order valence-electron chi connectivity index (χ0n) is 15.3. The van der Waals surface area contributed by atoms with E-state index >= 15 is 0 Å². The Labute approximate surface area is 157 Å². The van der Waals surface area contributed by atoms with Gasteiger partial charge < -0.3 is 19.8 Å². The first-order valence-corrected chi connectivity index (χ1v) is 9.14. The van der Waals surface area contributed by atoms with Gasteiger partial charge in [0.05, 0.1) is 24.5 Å². The summed E-state index contributed by atoms with van der Waals surface area (Å²) in [5.74, 6) is 0.753. The number of ether oxygens (including phenoxy) is 2. The number of aromatic amines is 1. The number of carbonyl (C=O) groups is 1. The number of methoxy groups -OCH3 is 1. The average Bonchev–Trinajstić information content (AvgIpc) is 3.20. The predicted octanol–water partition coefficient (Wildman–Crippen LogP) is 3.05. The number of rotatable bonds is 5. The van der Waals surface area contributed by atoms with Crippen molar-refractivity contribution in [2.24, 2.45) is 0 Å². The molecule has 27 heavy (non-hydrogen) atoms. The Morgan fingerprint density at radius 3 is 2.74 bits per heavy atom. The lowest BCUT2D eigenvalue weighted by atomic mass is 9.74. The summed E-state index contributed by atoms with van der Waals surface area (Å²) >= 11 is 0. The van der Waals surface area contributed by atoms with Crippen LogP contribution in [0, 0.1) is 0 Å². The van der Waals surface area contributed by atoms with Crippen LogP contribution in [0.1, 0.15) is 28.8 Å². The minimum absolute atomic E-state index is 0.0779. The molecule has 6 heteroatoms. The quantitative estimate of drug-likeness (QED) is 0.729. The van der Waals surface area contributed by atoms with Crippen LogP contribution in [0.4, 0.5) is 0 Å². The Bertz CT molecular complexity index is 927. The second-order valence-corrected chi connectivity index (χ2v) is 6.94. The van der Waals surface area contributed by atoms with Gasteiger partial charge in [-0.2, -0.15) is 0 Å². The van der Waals surface area contributed by atoms with Crippen LogP contribution in [-0.2, 0) is 10.2 Å². The molecule has 0 radical (unpaired) electrons. The molecule has 6 nitrogen and oxygen atoms in total. The monoisotopic (exact) mass is 365 g/mol. The van der Waals surface area contributed by atoms with E-state index in [0.717, 1.165) is 29.6 Å². The number of aromatic nitrogens is 2. The van der Waals surface area contributed by atoms with Crippen molar-refractivity contribution in [2.45, 2.75) is 18.3 Å². The zero-order chi connectivity index (χ0) is 18.7. The summed E-state index contributed by atoms with van der Waals surface area (Å²) in [5.41, 5.74) is 3.42. The van der Waals surface area contributed by atoms with Crippen LogP contribution in [0.3, 0.4) is 0 Å². The number of H-pyrrole nitrogens is 1. The van der Waals surface area contributed by atoms with E-state index in [4.69, 9.17) is 9.47 Å². The van der Waals surface area contributed by atoms with E-state index in [0.29, 0.717) is 25.3 Å². The Morgan fingerprint density at radius 2 is 2.00 bits per heavy atom. The molecule has 4 rings (SSSR count). The summed E-state index contributed by atoms with van der Waals surface area (Å²) in [6, 6.07) is 13.6. The number of benzene rings is 2. The van der Waals surface area contributed by atoms with E-state index in [1.54, 1.807) is 13.4 Å². The van der Waals surface area contributed by atoms with E-state index in [-0.39, 0.29) is 11.3 Å². The molecule has 0 spiro atoms. The largest absolute Gasteiger partial charge is 0.497 e. The molecular formula is C21H23N3O3. The van der Waals surface area contributed by atoms with E-state index in [2.05, 4.69) is 27.4 Å². The van der Waals surface area contributed by atoms with Gasteiger partial charge in [0.1, 0.15) is 5.75 Å². The van der Waals surface area contributed by atoms with Gasteiger partial charge in [-0.25, -0.2) is 4.98 Å². The lowest BCUT2D eigenvalue weighted by Gasteiger charge is -2.38. The normalized spacial score (nSPS) is 16.2. The summed E-state index contributed by atoms with van der Waals surface area (Å²) in [4.78, 5) is 20.0. The van der Waals surface area contributed by atoms with Gasteiger partial charge in [0.2, 0.25) is 0 Å². The first-order valence-electron chi connectivity index (χ1n) is 9.14. The maximum Gasteiger partial charge on any atom is 0.251 e. The SMILES string of the molecule is COc1ccc(C2(CNC(=O)c3ccc4nc[nH]c4c3)CCOCC2)cc1. The van der Waals surface area contributed by atoms with Gasteiger partial charge in [0.25, 0.3) is 5.91 Å². The molecule has 1 fully saturated rings. The Morgan fingerprint density at radius 1 is 1.22 bits per heavy atom. The van der Waals surface area contributed by atoms with E-state index < -0.39 is 0 Å². The van der Waals surface area contributed by atoms with Crippen molar-refractivity contribution in [3.63, 3.8) is 0 Å². The highest BCUT2D eigenvalue weighted by Crippen LogP contribution is 2.35. The van der Waals surface area contributed by atoms with Gasteiger partial charge in [-0.3, -0.25) is 4.79 Å². The average molecular weight is 365 g/mol. The molecule has 1 amide bonds. The second kappa shape index (κ2) is 7.40. The van der Waals surface area contributed by atoms with Crippen LogP contribution in [-0.4, -0.2) is 42.7 Å². The predicted molar refractivity (Wildman–Crippen MR) is 103 cm³/mol. The lowest BCUT2D eigenvalue weighted by molar-refractivity contribution is 0.0487. The fraction of sp³-hybridized carbons (Fsp3) is 0.333. The molecule has 1 saturated heterocycles. The van der Waals surface area contributed by atoms with Crippen LogP contribution in [0.5, 0.6) is 5.75 Å². The van der Waals surface area contributed by atoms with Crippen molar-refractivity contribution in [1.82, 2.24) is 15.3 Å². The Balaban J connectivity index is 1.53. The molecule has 0 aliphatic carbocycles. The van der Waals surface area contributed by atoms with Crippen molar-refractivity contribution in [3.05, 3.63) is 59.9 Å². The maximum absolute atomic E-state index is 12.7. The fourth-order valence-electron chi connectivity index (χ4n) is 3.70. The van der Waals surface area contributed by atoms with E-state index in [9.17, 15) is 4.79 Å². The molecule has 2 heterocycles. The molecular weight excluding hydrogens is 342 g/mol. The first-order chi connectivity index (χ1) is 13.2. The van der Waals surface area contributed by atoms with Gasteiger partial charge >= 0.3 is 0 Å². The minimum Gasteiger partial charge on any atom is -0.497 e. The van der Waals surface area contributed by atoms with Crippen LogP contribution < -0.4 is 10.1 Å². The number of nitrogens with zero attached hydrogens (tertiary/aromatic N) is 1. The smallest absolute Gasteiger partial charge is 0.251 e. The van der Waals surface area contributed by atoms with Crippen molar-refractivity contribution < 1.29 is 14.3 Å². The molecule has 2 N–H and O–H groups in total. The molecule has 0 atom stereocenters. The summed E-state index contributed by atoms with van der Waals surface area (Å²) in [6.45, 7) is 1.96. The van der Waals surface area contributed by atoms with E-state index in [1.165, 1.54) is 5.56 Å². The highest BCUT2D eigenvalue weighted by Gasteiger charge is 2.35. The third-order valence-corrected chi connectivity index (χ3v) is 5.42. The lowest BCUT2D eigenvalue weighted by Crippen LogP contribution is -2.44. The number of fused-ring (bicyclic) bond motifs is 1. The third kappa shape index (κ3) is 3.53. The van der Waals surface area contributed by atoms with Crippen LogP contribution in [0.25, 0.3) is 11.0 Å². The maximum atomic E-state index is 12.7. The second-order valence-electron chi connectivity index (χ2n) is 6.94. The standard InChI is InChI=1S/C21H23N3O3/c1-26-17-5-3-16(4-6-17)21(8-10-27-11-9-21)13-22-20(25)15-2-7-18-19(12-15)24-14-23-18/h2-7,12,14H,8-11,13H2,1H3,(H,22,25)(H,23,24). The Kier molecular flexibility index (Phi) is 4.81. The number of hydrogen-bond donors (Lipinski definition) is 2. The molecule has 1 aliphatic heterocycles. The van der Waals surface area contributed by atoms with Crippen LogP contribution in [0.15, 0.2) is 48.8 Å². The van der Waals surface area contributed by atoms with Crippen molar-refractivity contribution in [2.75, 3.05) is 26.9 Å². The number of carbonyl (C=O) groups excluding carboxylic acids is 1. The summed E-state index contributed by atoms with van der Waals surface area (Å²) in [5, 5.41) is 3.13. The molecule has 0 unspecified atom stereocenters. The Hall–Kier alpha value is -2.86. The molecule has 2 aromatic carbocycles. The van der Waals surface area contributed by atoms with Crippen LogP contribution in [0.2, 0.25) is 0 Å². The molecule has 140 valence electrons. The number of imidazole rings is 1. The molecule has 1 aliphatic rings. The molecule has 0 bridgehead atoms. The van der Waals surface area contributed by atoms with Crippen molar-refractivity contribution in [1.29, 1.82) is 0 Å². The molecule has 1 aromatic heterocycles. The zero-order valence-corrected chi connectivity index (χ0v) is 15.3. The van der Waals surface area contributed by atoms with Gasteiger partial charge in [-0.15, -0.1) is 0 Å². The number of amides is 1. The van der Waals surface area contributed by atoms with Gasteiger partial charge in [0, 0.05) is 30.7 Å². The van der Waals surface area contributed by atoms with Gasteiger partial charge in [-0.05, 0) is 48.7 Å². The summed E-state index contributed by atoms with van der Waals surface area (Å²) in [7, 11) is 1.66. The summed E-state index contributed by atoms with van der Waals surface area (Å²) < 4.78 is 10.8. The van der Waals surface area contributed by atoms with Gasteiger partial charge in [-0.1, -0.05) is 12.1 Å². The third-order valence-electron chi connectivity index (χ3n) is 5.42. The highest BCUT2D eigenvalue weighted by molar-refractivity contribution is 5.97. The van der Waals surface area contributed by atoms with Crippen molar-refractivity contribution >= 4 is 16.9 Å². The van der Waals surface area contributed by atoms with Crippen molar-refractivity contribution in [3.8, 4) is 5.75 Å². The summed E-state index contributed by atoms with van der Waals surface area (Å²) in [6.07, 6.45) is 3.38. The highest BCUT2D eigenvalue weighted by atomic mass is 16.5. The molecule has 0 saturated carbocycles. The number of hydrogen-bond acceptors (Lipinski definition) is 4. The number of nitrogens with one attached hydrogen (secondary N) is 2. The minimum atomic E-state index is -0.127. The van der Waals surface area contributed by atoms with Gasteiger partial charge in [0.15, 0.2) is 0 Å². The topological polar surface area (TPSA) is 76.2 Å². The molecule has 3 aromatic rings. The van der Waals surface area contributed by atoms with Crippen LogP contribution >= 0.6 is 0 Å². The first kappa shape index (κ1) is 17.5. The van der Waals surface area contributed by atoms with E-state index in [1.807, 2.05) is 30.3 Å². The fourth-order valence-corrected chi connectivity index (χ4v) is 3.70.